The van der Waals surface area contributed by atoms with Crippen LogP contribution in [0.5, 0.6) is 0 Å². The second-order valence-electron chi connectivity index (χ2n) is 6.34. The van der Waals surface area contributed by atoms with Crippen LogP contribution in [-0.4, -0.2) is 16.7 Å². The van der Waals surface area contributed by atoms with Crippen LogP contribution >= 0.6 is 23.2 Å². The van der Waals surface area contributed by atoms with Crippen molar-refractivity contribution in [2.24, 2.45) is 5.41 Å². The standard InChI is InChI=1S/C16H16Cl2N2O4/c1-8(21)14-12(7-24-15(22)16(2,3)4)19-11-5-9(17)10(18)6-13(11)20(14)23/h5-6H,7H2,1-4H3. The quantitative estimate of drug-likeness (QED) is 0.357. The number of ether oxygens (including phenoxy) is 1. The van der Waals surface area contributed by atoms with Crippen molar-refractivity contribution in [3.8, 4) is 0 Å². The molecule has 8 heteroatoms. The van der Waals surface area contributed by atoms with Crippen LogP contribution in [0.25, 0.3) is 11.0 Å². The van der Waals surface area contributed by atoms with E-state index in [4.69, 9.17) is 27.9 Å². The average Bonchev–Trinajstić information content (AvgIpc) is 2.45. The normalized spacial score (nSPS) is 11.6. The van der Waals surface area contributed by atoms with Gasteiger partial charge in [0.2, 0.25) is 11.3 Å². The summed E-state index contributed by atoms with van der Waals surface area (Å²) in [5.41, 5.74) is -0.465. The zero-order chi connectivity index (χ0) is 18.2. The molecule has 1 heterocycles. The Morgan fingerprint density at radius 3 is 2.38 bits per heavy atom. The van der Waals surface area contributed by atoms with Crippen LogP contribution in [0.15, 0.2) is 12.1 Å². The van der Waals surface area contributed by atoms with Crippen LogP contribution < -0.4 is 4.73 Å². The Morgan fingerprint density at radius 2 is 1.83 bits per heavy atom. The van der Waals surface area contributed by atoms with Crippen molar-refractivity contribution in [1.82, 2.24) is 4.98 Å². The molecule has 0 bridgehead atoms. The molecular formula is C16H16Cl2N2O4. The van der Waals surface area contributed by atoms with Crippen molar-refractivity contribution in [3.05, 3.63) is 38.8 Å². The number of benzene rings is 1. The maximum absolute atomic E-state index is 12.5. The number of carbonyl (C=O) groups is 2. The van der Waals surface area contributed by atoms with Gasteiger partial charge < -0.3 is 9.94 Å². The Labute approximate surface area is 148 Å². The highest BCUT2D eigenvalue weighted by Crippen LogP contribution is 2.26. The van der Waals surface area contributed by atoms with Crippen LogP contribution in [0.4, 0.5) is 0 Å². The summed E-state index contributed by atoms with van der Waals surface area (Å²) in [5.74, 6) is -0.960. The molecule has 0 N–H and O–H groups in total. The van der Waals surface area contributed by atoms with Gasteiger partial charge in [-0.05, 0) is 26.8 Å². The van der Waals surface area contributed by atoms with Crippen molar-refractivity contribution in [1.29, 1.82) is 0 Å². The Bertz CT molecular complexity index is 844. The van der Waals surface area contributed by atoms with Crippen LogP contribution in [0.1, 0.15) is 43.9 Å². The zero-order valence-corrected chi connectivity index (χ0v) is 15.2. The molecule has 0 saturated heterocycles. The van der Waals surface area contributed by atoms with Crippen LogP contribution in [-0.2, 0) is 16.1 Å². The van der Waals surface area contributed by atoms with Gasteiger partial charge in [-0.15, -0.1) is 0 Å². The molecule has 0 saturated carbocycles. The van der Waals surface area contributed by atoms with Crippen molar-refractivity contribution in [2.75, 3.05) is 0 Å². The van der Waals surface area contributed by atoms with E-state index in [0.717, 1.165) is 0 Å². The van der Waals surface area contributed by atoms with E-state index < -0.39 is 17.2 Å². The molecule has 0 atom stereocenters. The lowest BCUT2D eigenvalue weighted by atomic mass is 9.97. The number of aromatic nitrogens is 2. The number of hydrogen-bond acceptors (Lipinski definition) is 5. The van der Waals surface area contributed by atoms with Gasteiger partial charge in [0.1, 0.15) is 12.1 Å². The maximum atomic E-state index is 12.5. The summed E-state index contributed by atoms with van der Waals surface area (Å²) >= 11 is 11.9. The smallest absolute Gasteiger partial charge is 0.311 e. The summed E-state index contributed by atoms with van der Waals surface area (Å²) in [5, 5.41) is 12.9. The first-order chi connectivity index (χ1) is 11.0. The topological polar surface area (TPSA) is 83.2 Å². The van der Waals surface area contributed by atoms with Gasteiger partial charge in [0.05, 0.1) is 15.5 Å². The summed E-state index contributed by atoms with van der Waals surface area (Å²) in [6, 6.07) is 2.77. The molecular weight excluding hydrogens is 355 g/mol. The lowest BCUT2D eigenvalue weighted by molar-refractivity contribution is -0.580. The fraction of sp³-hybridized carbons (Fsp3) is 0.375. The first-order valence-electron chi connectivity index (χ1n) is 7.11. The van der Waals surface area contributed by atoms with E-state index in [1.807, 2.05) is 0 Å². The van der Waals surface area contributed by atoms with Gasteiger partial charge in [-0.3, -0.25) is 9.59 Å². The second kappa shape index (κ2) is 6.53. The van der Waals surface area contributed by atoms with Crippen molar-refractivity contribution in [2.45, 2.75) is 34.3 Å². The minimum absolute atomic E-state index is 0.0704. The lowest BCUT2D eigenvalue weighted by Crippen LogP contribution is -2.37. The number of fused-ring (bicyclic) bond motifs is 1. The monoisotopic (exact) mass is 370 g/mol. The number of halogens is 2. The highest BCUT2D eigenvalue weighted by molar-refractivity contribution is 6.42. The van der Waals surface area contributed by atoms with E-state index in [-0.39, 0.29) is 39.1 Å². The van der Waals surface area contributed by atoms with E-state index in [1.54, 1.807) is 20.8 Å². The number of carbonyl (C=O) groups excluding carboxylic acids is 2. The Kier molecular flexibility index (Phi) is 5.01. The summed E-state index contributed by atoms with van der Waals surface area (Å²) in [6.07, 6.45) is 0. The maximum Gasteiger partial charge on any atom is 0.311 e. The van der Waals surface area contributed by atoms with Gasteiger partial charge >= 0.3 is 5.97 Å². The van der Waals surface area contributed by atoms with Gasteiger partial charge in [-0.25, -0.2) is 4.98 Å². The minimum atomic E-state index is -0.711. The van der Waals surface area contributed by atoms with E-state index >= 15 is 0 Å². The van der Waals surface area contributed by atoms with E-state index in [2.05, 4.69) is 4.98 Å². The van der Waals surface area contributed by atoms with Gasteiger partial charge in [-0.2, -0.15) is 4.73 Å². The average molecular weight is 371 g/mol. The molecule has 2 aromatic rings. The van der Waals surface area contributed by atoms with Crippen LogP contribution in [0.3, 0.4) is 0 Å². The number of rotatable bonds is 3. The first-order valence-corrected chi connectivity index (χ1v) is 7.87. The third-order valence-corrected chi connectivity index (χ3v) is 3.98. The number of hydrogen-bond donors (Lipinski definition) is 0. The summed E-state index contributed by atoms with van der Waals surface area (Å²) < 4.78 is 5.61. The molecule has 2 rings (SSSR count). The first kappa shape index (κ1) is 18.4. The highest BCUT2D eigenvalue weighted by Gasteiger charge is 2.27. The molecule has 0 unspecified atom stereocenters. The molecule has 0 aliphatic rings. The third-order valence-electron chi connectivity index (χ3n) is 3.25. The molecule has 0 radical (unpaired) electrons. The summed E-state index contributed by atoms with van der Waals surface area (Å²) in [6.45, 7) is 6.05. The number of esters is 1. The molecule has 6 nitrogen and oxygen atoms in total. The Hall–Kier alpha value is -1.92. The van der Waals surface area contributed by atoms with Gasteiger partial charge in [0, 0.05) is 13.0 Å². The third kappa shape index (κ3) is 3.60. The Morgan fingerprint density at radius 1 is 1.25 bits per heavy atom. The SMILES string of the molecule is CC(=O)c1c(COC(=O)C(C)(C)C)nc2cc(Cl)c(Cl)cc2[n+]1[O-]. The molecule has 24 heavy (non-hydrogen) atoms. The van der Waals surface area contributed by atoms with E-state index in [1.165, 1.54) is 19.1 Å². The molecule has 1 aromatic heterocycles. The summed E-state index contributed by atoms with van der Waals surface area (Å²) in [4.78, 5) is 28.0. The predicted molar refractivity (Wildman–Crippen MR) is 90.0 cm³/mol. The molecule has 0 aliphatic carbocycles. The largest absolute Gasteiger partial charge is 0.618 e. The number of Topliss-reactive ketones (excluding diaryl/α,β-unsaturated/α-hetero) is 1. The van der Waals surface area contributed by atoms with Gasteiger partial charge in [-0.1, -0.05) is 23.2 Å². The fourth-order valence-electron chi connectivity index (χ4n) is 2.01. The fourth-order valence-corrected chi connectivity index (χ4v) is 2.33. The predicted octanol–water partition coefficient (Wildman–Crippen LogP) is 3.47. The van der Waals surface area contributed by atoms with E-state index in [9.17, 15) is 14.8 Å². The van der Waals surface area contributed by atoms with E-state index in [0.29, 0.717) is 4.73 Å². The van der Waals surface area contributed by atoms with Crippen molar-refractivity contribution in [3.63, 3.8) is 0 Å². The molecule has 0 aliphatic heterocycles. The highest BCUT2D eigenvalue weighted by atomic mass is 35.5. The van der Waals surface area contributed by atoms with Crippen molar-refractivity contribution < 1.29 is 19.1 Å². The number of nitrogens with zero attached hydrogens (tertiary/aromatic N) is 2. The van der Waals surface area contributed by atoms with Gasteiger partial charge in [0.15, 0.2) is 5.69 Å². The van der Waals surface area contributed by atoms with Gasteiger partial charge in [0.25, 0.3) is 5.69 Å². The molecule has 0 spiro atoms. The molecule has 0 amide bonds. The molecule has 1 aromatic carbocycles. The molecule has 128 valence electrons. The number of ketones is 1. The zero-order valence-electron chi connectivity index (χ0n) is 13.6. The summed E-state index contributed by atoms with van der Waals surface area (Å²) in [7, 11) is 0. The lowest BCUT2D eigenvalue weighted by Gasteiger charge is -2.17. The van der Waals surface area contributed by atoms with Crippen LogP contribution in [0.2, 0.25) is 10.0 Å². The Balaban J connectivity index is 2.56. The van der Waals surface area contributed by atoms with Crippen molar-refractivity contribution >= 4 is 46.0 Å². The molecule has 0 fully saturated rings. The second-order valence-corrected chi connectivity index (χ2v) is 7.15. The van der Waals surface area contributed by atoms with Crippen LogP contribution in [0, 0.1) is 10.6 Å². The minimum Gasteiger partial charge on any atom is -0.618 e.